The molecule has 0 fully saturated rings. The van der Waals surface area contributed by atoms with Gasteiger partial charge in [0, 0.05) is 17.7 Å². The van der Waals surface area contributed by atoms with Crippen molar-refractivity contribution in [2.75, 3.05) is 7.11 Å². The van der Waals surface area contributed by atoms with Crippen molar-refractivity contribution >= 4 is 5.91 Å². The monoisotopic (exact) mass is 247 g/mol. The number of carbonyl (C=O) groups is 1. The molecular weight excluding hydrogens is 234 g/mol. The van der Waals surface area contributed by atoms with Gasteiger partial charge in [-0.3, -0.25) is 4.79 Å². The zero-order chi connectivity index (χ0) is 13.0. The van der Waals surface area contributed by atoms with Gasteiger partial charge in [-0.1, -0.05) is 0 Å². The van der Waals surface area contributed by atoms with E-state index in [1.165, 1.54) is 13.2 Å². The Bertz CT molecular complexity index is 534. The minimum atomic E-state index is -0.269. The summed E-state index contributed by atoms with van der Waals surface area (Å²) in [4.78, 5) is 11.8. The molecule has 1 aromatic heterocycles. The molecule has 1 amide bonds. The maximum Gasteiger partial charge on any atom is 0.251 e. The number of phenolic OH excluding ortho intramolecular Hbond substituents is 1. The predicted octanol–water partition coefficient (Wildman–Crippen LogP) is 1.92. The molecule has 2 N–H and O–H groups in total. The Balaban J connectivity index is 2.02. The SMILES string of the molecule is COc1ccc(C(=O)NCc2ccoc2)cc1O. The Kier molecular flexibility index (Phi) is 3.52. The number of amides is 1. The molecule has 0 aliphatic rings. The molecule has 0 spiro atoms. The molecule has 0 aliphatic carbocycles. The normalized spacial score (nSPS) is 10.1. The quantitative estimate of drug-likeness (QED) is 0.865. The Morgan fingerprint density at radius 1 is 1.44 bits per heavy atom. The third kappa shape index (κ3) is 2.63. The average molecular weight is 247 g/mol. The summed E-state index contributed by atoms with van der Waals surface area (Å²) in [5.74, 6) is 0.00370. The number of aromatic hydroxyl groups is 1. The van der Waals surface area contributed by atoms with Gasteiger partial charge in [0.2, 0.25) is 0 Å². The molecule has 1 aromatic carbocycles. The van der Waals surface area contributed by atoms with Crippen molar-refractivity contribution in [1.82, 2.24) is 5.32 Å². The van der Waals surface area contributed by atoms with Crippen LogP contribution in [0.1, 0.15) is 15.9 Å². The Hall–Kier alpha value is -2.43. The fourth-order valence-corrected chi connectivity index (χ4v) is 1.51. The Morgan fingerprint density at radius 2 is 2.28 bits per heavy atom. The van der Waals surface area contributed by atoms with Gasteiger partial charge in [-0.05, 0) is 24.3 Å². The van der Waals surface area contributed by atoms with Crippen LogP contribution in [0.15, 0.2) is 41.2 Å². The lowest BCUT2D eigenvalue weighted by Crippen LogP contribution is -2.22. The van der Waals surface area contributed by atoms with Gasteiger partial charge in [-0.2, -0.15) is 0 Å². The van der Waals surface area contributed by atoms with Gasteiger partial charge in [0.05, 0.1) is 19.6 Å². The highest BCUT2D eigenvalue weighted by atomic mass is 16.5. The van der Waals surface area contributed by atoms with Gasteiger partial charge in [0.15, 0.2) is 11.5 Å². The third-order valence-electron chi connectivity index (χ3n) is 2.47. The van der Waals surface area contributed by atoms with E-state index in [0.29, 0.717) is 17.9 Å². The first-order valence-corrected chi connectivity index (χ1v) is 5.37. The van der Waals surface area contributed by atoms with Crippen LogP contribution in [0.3, 0.4) is 0 Å². The van der Waals surface area contributed by atoms with Crippen molar-refractivity contribution in [1.29, 1.82) is 0 Å². The zero-order valence-electron chi connectivity index (χ0n) is 9.84. The van der Waals surface area contributed by atoms with Crippen LogP contribution in [0.5, 0.6) is 11.5 Å². The van der Waals surface area contributed by atoms with Crippen LogP contribution in [-0.2, 0) is 6.54 Å². The van der Waals surface area contributed by atoms with Crippen LogP contribution < -0.4 is 10.1 Å². The fourth-order valence-electron chi connectivity index (χ4n) is 1.51. The average Bonchev–Trinajstić information content (AvgIpc) is 2.89. The summed E-state index contributed by atoms with van der Waals surface area (Å²) in [6.07, 6.45) is 3.10. The number of furan rings is 1. The molecule has 5 nitrogen and oxygen atoms in total. The van der Waals surface area contributed by atoms with Gasteiger partial charge in [-0.25, -0.2) is 0 Å². The standard InChI is InChI=1S/C13H13NO4/c1-17-12-3-2-10(6-11(12)15)13(16)14-7-9-4-5-18-8-9/h2-6,8,15H,7H2,1H3,(H,14,16). The van der Waals surface area contributed by atoms with Gasteiger partial charge in [-0.15, -0.1) is 0 Å². The number of benzene rings is 1. The van der Waals surface area contributed by atoms with Crippen molar-refractivity contribution in [3.05, 3.63) is 47.9 Å². The number of nitrogens with one attached hydrogen (secondary N) is 1. The predicted molar refractivity (Wildman–Crippen MR) is 64.5 cm³/mol. The molecule has 2 aromatic rings. The second-order valence-corrected chi connectivity index (χ2v) is 3.70. The molecule has 0 radical (unpaired) electrons. The highest BCUT2D eigenvalue weighted by Gasteiger charge is 2.09. The van der Waals surface area contributed by atoms with Gasteiger partial charge < -0.3 is 19.6 Å². The molecule has 0 unspecified atom stereocenters. The molecule has 0 saturated heterocycles. The molecule has 5 heteroatoms. The van der Waals surface area contributed by atoms with Gasteiger partial charge in [0.1, 0.15) is 0 Å². The summed E-state index contributed by atoms with van der Waals surface area (Å²) >= 11 is 0. The van der Waals surface area contributed by atoms with E-state index >= 15 is 0 Å². The summed E-state index contributed by atoms with van der Waals surface area (Å²) < 4.78 is 9.80. The van der Waals surface area contributed by atoms with E-state index in [9.17, 15) is 9.90 Å². The van der Waals surface area contributed by atoms with Crippen LogP contribution in [0.2, 0.25) is 0 Å². The molecule has 0 saturated carbocycles. The van der Waals surface area contributed by atoms with E-state index in [4.69, 9.17) is 9.15 Å². The van der Waals surface area contributed by atoms with Crippen LogP contribution in [0.4, 0.5) is 0 Å². The van der Waals surface area contributed by atoms with Crippen molar-refractivity contribution in [2.45, 2.75) is 6.54 Å². The number of hydrogen-bond acceptors (Lipinski definition) is 4. The van der Waals surface area contributed by atoms with Gasteiger partial charge >= 0.3 is 0 Å². The molecule has 2 rings (SSSR count). The summed E-state index contributed by atoms with van der Waals surface area (Å²) in [6, 6.07) is 6.26. The maximum absolute atomic E-state index is 11.8. The van der Waals surface area contributed by atoms with E-state index in [0.717, 1.165) is 5.56 Å². The first-order chi connectivity index (χ1) is 8.70. The summed E-state index contributed by atoms with van der Waals surface area (Å²) in [5.41, 5.74) is 1.25. The number of ether oxygens (including phenoxy) is 1. The summed E-state index contributed by atoms with van der Waals surface area (Å²) in [7, 11) is 1.45. The molecule has 1 heterocycles. The maximum atomic E-state index is 11.8. The highest BCUT2D eigenvalue weighted by Crippen LogP contribution is 2.26. The zero-order valence-corrected chi connectivity index (χ0v) is 9.84. The first kappa shape index (κ1) is 12.0. The van der Waals surface area contributed by atoms with E-state index in [2.05, 4.69) is 5.32 Å². The van der Waals surface area contributed by atoms with Crippen LogP contribution in [0, 0.1) is 0 Å². The Labute approximate surface area is 104 Å². The number of phenols is 1. The van der Waals surface area contributed by atoms with Crippen molar-refractivity contribution in [2.24, 2.45) is 0 Å². The first-order valence-electron chi connectivity index (χ1n) is 5.37. The molecule has 18 heavy (non-hydrogen) atoms. The van der Waals surface area contributed by atoms with Crippen molar-refractivity contribution in [3.63, 3.8) is 0 Å². The highest BCUT2D eigenvalue weighted by molar-refractivity contribution is 5.94. The molecule has 0 atom stereocenters. The van der Waals surface area contributed by atoms with Crippen molar-refractivity contribution < 1.29 is 19.1 Å². The number of methoxy groups -OCH3 is 1. The topological polar surface area (TPSA) is 71.7 Å². The minimum absolute atomic E-state index is 0.0616. The van der Waals surface area contributed by atoms with Crippen molar-refractivity contribution in [3.8, 4) is 11.5 Å². The smallest absolute Gasteiger partial charge is 0.251 e. The van der Waals surface area contributed by atoms with Crippen LogP contribution in [0.25, 0.3) is 0 Å². The summed E-state index contributed by atoms with van der Waals surface area (Å²) in [6.45, 7) is 0.377. The minimum Gasteiger partial charge on any atom is -0.504 e. The number of hydrogen-bond donors (Lipinski definition) is 2. The largest absolute Gasteiger partial charge is 0.504 e. The fraction of sp³-hybridized carbons (Fsp3) is 0.154. The van der Waals surface area contributed by atoms with E-state index in [-0.39, 0.29) is 11.7 Å². The lowest BCUT2D eigenvalue weighted by atomic mass is 10.2. The van der Waals surface area contributed by atoms with E-state index in [1.54, 1.807) is 30.7 Å². The van der Waals surface area contributed by atoms with Gasteiger partial charge in [0.25, 0.3) is 5.91 Å². The van der Waals surface area contributed by atoms with Crippen LogP contribution >= 0.6 is 0 Å². The third-order valence-corrected chi connectivity index (χ3v) is 2.47. The second-order valence-electron chi connectivity index (χ2n) is 3.70. The molecule has 0 bridgehead atoms. The molecular formula is C13H13NO4. The lowest BCUT2D eigenvalue weighted by Gasteiger charge is -2.06. The molecule has 94 valence electrons. The second kappa shape index (κ2) is 5.27. The Morgan fingerprint density at radius 3 is 2.89 bits per heavy atom. The van der Waals surface area contributed by atoms with E-state index < -0.39 is 0 Å². The number of carbonyl (C=O) groups excluding carboxylic acids is 1. The molecule has 0 aliphatic heterocycles. The summed E-state index contributed by atoms with van der Waals surface area (Å²) in [5, 5.41) is 12.3. The number of rotatable bonds is 4. The lowest BCUT2D eigenvalue weighted by molar-refractivity contribution is 0.0950. The van der Waals surface area contributed by atoms with Crippen LogP contribution in [-0.4, -0.2) is 18.1 Å². The van der Waals surface area contributed by atoms with E-state index in [1.807, 2.05) is 0 Å².